The van der Waals surface area contributed by atoms with Crippen molar-refractivity contribution in [3.63, 3.8) is 0 Å². The van der Waals surface area contributed by atoms with Gasteiger partial charge in [-0.1, -0.05) is 29.8 Å². The molecule has 0 saturated carbocycles. The molecule has 1 atom stereocenters. The fourth-order valence-corrected chi connectivity index (χ4v) is 5.17. The number of hydrogen-bond donors (Lipinski definition) is 2. The number of hydrogen-bond acceptors (Lipinski definition) is 6. The predicted molar refractivity (Wildman–Crippen MR) is 156 cm³/mol. The Balaban J connectivity index is 1.34. The first-order chi connectivity index (χ1) is 19.3. The summed E-state index contributed by atoms with van der Waals surface area (Å²) in [5.74, 6) is -0.266. The first-order valence-electron chi connectivity index (χ1n) is 13.4. The average Bonchev–Trinajstić information content (AvgIpc) is 3.03. The summed E-state index contributed by atoms with van der Waals surface area (Å²) in [6, 6.07) is 15.0. The van der Waals surface area contributed by atoms with E-state index in [-0.39, 0.29) is 24.3 Å². The molecule has 40 heavy (non-hydrogen) atoms. The minimum atomic E-state index is -0.658. The number of fused-ring (bicyclic) bond motifs is 1. The second-order valence-corrected chi connectivity index (χ2v) is 10.9. The number of carbonyl (C=O) groups is 3. The molecule has 208 valence electrons. The highest BCUT2D eigenvalue weighted by Crippen LogP contribution is 2.29. The lowest BCUT2D eigenvalue weighted by atomic mass is 10.1. The fraction of sp³-hybridized carbons (Fsp3) is 0.333. The van der Waals surface area contributed by atoms with E-state index in [1.165, 1.54) is 0 Å². The van der Waals surface area contributed by atoms with E-state index in [9.17, 15) is 14.4 Å². The smallest absolute Gasteiger partial charge is 0.256 e. The third-order valence-electron chi connectivity index (χ3n) is 7.45. The molecule has 2 N–H and O–H groups in total. The molecule has 9 nitrogen and oxygen atoms in total. The van der Waals surface area contributed by atoms with Crippen LogP contribution in [-0.2, 0) is 11.3 Å². The Morgan fingerprint density at radius 2 is 1.80 bits per heavy atom. The highest BCUT2D eigenvalue weighted by atomic mass is 35.5. The molecular weight excluding hydrogens is 528 g/mol. The second kappa shape index (κ2) is 12.2. The summed E-state index contributed by atoms with van der Waals surface area (Å²) in [5, 5.41) is 6.18. The van der Waals surface area contributed by atoms with Gasteiger partial charge in [-0.05, 0) is 67.9 Å². The molecular formula is C30H33ClN6O3. The van der Waals surface area contributed by atoms with Crippen molar-refractivity contribution in [2.45, 2.75) is 25.9 Å². The largest absolute Gasteiger partial charge is 0.323 e. The Hall–Kier alpha value is -3.79. The molecule has 2 aliphatic heterocycles. The molecule has 1 fully saturated rings. The van der Waals surface area contributed by atoms with Crippen molar-refractivity contribution in [3.8, 4) is 0 Å². The highest BCUT2D eigenvalue weighted by molar-refractivity contribution is 6.31. The first kappa shape index (κ1) is 27.8. The van der Waals surface area contributed by atoms with Gasteiger partial charge in [0.15, 0.2) is 0 Å². The van der Waals surface area contributed by atoms with Crippen LogP contribution in [0.25, 0.3) is 0 Å². The lowest BCUT2D eigenvalue weighted by molar-refractivity contribution is -0.121. The number of aryl methyl sites for hydroxylation is 1. The van der Waals surface area contributed by atoms with Crippen molar-refractivity contribution in [2.75, 3.05) is 50.4 Å². The highest BCUT2D eigenvalue weighted by Gasteiger charge is 2.35. The van der Waals surface area contributed by atoms with Crippen molar-refractivity contribution >= 4 is 40.8 Å². The summed E-state index contributed by atoms with van der Waals surface area (Å²) in [6.45, 7) is 6.67. The molecule has 0 radical (unpaired) electrons. The first-order valence-corrected chi connectivity index (χ1v) is 13.8. The monoisotopic (exact) mass is 560 g/mol. The minimum absolute atomic E-state index is 0.225. The molecule has 3 heterocycles. The number of carbonyl (C=O) groups excluding carboxylic acids is 3. The van der Waals surface area contributed by atoms with E-state index < -0.39 is 6.04 Å². The van der Waals surface area contributed by atoms with Gasteiger partial charge >= 0.3 is 0 Å². The Labute approximate surface area is 239 Å². The summed E-state index contributed by atoms with van der Waals surface area (Å²) >= 11 is 6.18. The van der Waals surface area contributed by atoms with Crippen LogP contribution < -0.4 is 10.6 Å². The maximum Gasteiger partial charge on any atom is 0.256 e. The van der Waals surface area contributed by atoms with Crippen LogP contribution in [0.3, 0.4) is 0 Å². The van der Waals surface area contributed by atoms with Crippen LogP contribution in [0.15, 0.2) is 60.8 Å². The number of piperazine rings is 1. The zero-order valence-electron chi connectivity index (χ0n) is 22.7. The molecule has 1 aromatic heterocycles. The van der Waals surface area contributed by atoms with Crippen LogP contribution in [-0.4, -0.2) is 83.2 Å². The third-order valence-corrected chi connectivity index (χ3v) is 7.68. The maximum absolute atomic E-state index is 13.8. The van der Waals surface area contributed by atoms with Crippen LogP contribution in [0.2, 0.25) is 5.02 Å². The predicted octanol–water partition coefficient (Wildman–Crippen LogP) is 3.90. The van der Waals surface area contributed by atoms with E-state index in [2.05, 4.69) is 32.5 Å². The number of likely N-dealkylation sites (N-methyl/N-ethyl adjacent to an activating group) is 1. The summed E-state index contributed by atoms with van der Waals surface area (Å²) in [6.07, 6.45) is 2.20. The van der Waals surface area contributed by atoms with E-state index in [1.807, 2.05) is 25.1 Å². The number of aromatic nitrogens is 1. The van der Waals surface area contributed by atoms with Gasteiger partial charge in [0.2, 0.25) is 5.91 Å². The normalized spacial score (nSPS) is 18.2. The van der Waals surface area contributed by atoms with Gasteiger partial charge in [-0.3, -0.25) is 14.4 Å². The van der Waals surface area contributed by atoms with Crippen molar-refractivity contribution in [1.82, 2.24) is 19.7 Å². The van der Waals surface area contributed by atoms with Crippen molar-refractivity contribution < 1.29 is 14.4 Å². The zero-order valence-corrected chi connectivity index (χ0v) is 23.4. The summed E-state index contributed by atoms with van der Waals surface area (Å²) in [4.78, 5) is 50.5. The molecule has 3 aromatic rings. The van der Waals surface area contributed by atoms with Crippen LogP contribution in [0.4, 0.5) is 11.5 Å². The number of anilines is 2. The maximum atomic E-state index is 13.8. The molecule has 0 bridgehead atoms. The molecule has 0 aliphatic carbocycles. The SMILES string of the molecule is Cc1ccc(NC(=O)c2ccc(CN3C(=O)c4ccc(Cl)cc4NC(=O)C3CCN3CCN(C)CC3)cc2)nc1. The quantitative estimate of drug-likeness (QED) is 0.455. The van der Waals surface area contributed by atoms with Crippen LogP contribution in [0, 0.1) is 6.92 Å². The number of nitrogens with zero attached hydrogens (tertiary/aromatic N) is 4. The summed E-state index contributed by atoms with van der Waals surface area (Å²) in [5.41, 5.74) is 3.12. The topological polar surface area (TPSA) is 97.9 Å². The van der Waals surface area contributed by atoms with E-state index >= 15 is 0 Å². The third kappa shape index (κ3) is 6.50. The fourth-order valence-electron chi connectivity index (χ4n) is 4.99. The van der Waals surface area contributed by atoms with E-state index in [0.717, 1.165) is 37.3 Å². The molecule has 0 spiro atoms. The molecule has 10 heteroatoms. The van der Waals surface area contributed by atoms with Gasteiger partial charge in [0.25, 0.3) is 11.8 Å². The number of amides is 3. The molecule has 2 aromatic carbocycles. The van der Waals surface area contributed by atoms with Gasteiger partial charge in [-0.25, -0.2) is 4.98 Å². The van der Waals surface area contributed by atoms with E-state index in [1.54, 1.807) is 47.5 Å². The average molecular weight is 561 g/mol. The van der Waals surface area contributed by atoms with Crippen LogP contribution in [0.1, 0.15) is 38.3 Å². The Morgan fingerprint density at radius 1 is 1.05 bits per heavy atom. The molecule has 5 rings (SSSR count). The molecule has 3 amide bonds. The second-order valence-electron chi connectivity index (χ2n) is 10.4. The van der Waals surface area contributed by atoms with Gasteiger partial charge in [0.1, 0.15) is 11.9 Å². The Morgan fingerprint density at radius 3 is 2.50 bits per heavy atom. The number of benzene rings is 2. The van der Waals surface area contributed by atoms with Crippen molar-refractivity contribution in [2.24, 2.45) is 0 Å². The van der Waals surface area contributed by atoms with Crippen molar-refractivity contribution in [1.29, 1.82) is 0 Å². The van der Waals surface area contributed by atoms with Crippen LogP contribution in [0.5, 0.6) is 0 Å². The lowest BCUT2D eigenvalue weighted by Crippen LogP contribution is -2.49. The number of halogens is 1. The summed E-state index contributed by atoms with van der Waals surface area (Å²) in [7, 11) is 2.10. The summed E-state index contributed by atoms with van der Waals surface area (Å²) < 4.78 is 0. The standard InChI is InChI=1S/C30H33ClN6O3/c1-20-3-10-27(32-18-20)34-28(38)22-6-4-21(5-7-22)19-37-26(11-12-36-15-13-35(2)14-16-36)29(39)33-25-17-23(31)8-9-24(25)30(37)40/h3-10,17-18,26H,11-16,19H2,1-2H3,(H,33,39)(H,32,34,38). The van der Waals surface area contributed by atoms with Crippen LogP contribution >= 0.6 is 11.6 Å². The number of nitrogens with one attached hydrogen (secondary N) is 2. The zero-order chi connectivity index (χ0) is 28.2. The van der Waals surface area contributed by atoms with E-state index in [4.69, 9.17) is 11.6 Å². The molecule has 1 saturated heterocycles. The van der Waals surface area contributed by atoms with E-state index in [0.29, 0.717) is 40.6 Å². The van der Waals surface area contributed by atoms with Gasteiger partial charge in [0.05, 0.1) is 11.3 Å². The van der Waals surface area contributed by atoms with Crippen molar-refractivity contribution in [3.05, 3.63) is 88.1 Å². The number of rotatable bonds is 7. The minimum Gasteiger partial charge on any atom is -0.323 e. The lowest BCUT2D eigenvalue weighted by Gasteiger charge is -2.35. The Bertz CT molecular complexity index is 1390. The molecule has 1 unspecified atom stereocenters. The van der Waals surface area contributed by atoms with Gasteiger partial charge in [-0.2, -0.15) is 0 Å². The molecule has 2 aliphatic rings. The van der Waals surface area contributed by atoms with Gasteiger partial charge in [-0.15, -0.1) is 0 Å². The van der Waals surface area contributed by atoms with Gasteiger partial charge in [0, 0.05) is 56.1 Å². The Kier molecular flexibility index (Phi) is 8.44. The van der Waals surface area contributed by atoms with Gasteiger partial charge < -0.3 is 25.3 Å². The number of pyridine rings is 1.